The molecule has 0 atom stereocenters. The third kappa shape index (κ3) is 3.43. The molecule has 0 aliphatic heterocycles. The number of ketones is 2. The molecule has 29 heavy (non-hydrogen) atoms. The minimum Gasteiger partial charge on any atom is -0.325 e. The number of hydrazone groups is 1. The van der Waals surface area contributed by atoms with Crippen LogP contribution in [0.25, 0.3) is 0 Å². The van der Waals surface area contributed by atoms with E-state index >= 15 is 0 Å². The van der Waals surface area contributed by atoms with Gasteiger partial charge in [0.15, 0.2) is 11.6 Å². The first-order valence-electron chi connectivity index (χ1n) is 9.03. The van der Waals surface area contributed by atoms with E-state index in [9.17, 15) is 14.4 Å². The van der Waals surface area contributed by atoms with Crippen molar-refractivity contribution in [1.29, 1.82) is 0 Å². The topological polar surface area (TPSA) is 87.6 Å². The number of hydrogen-bond donors (Lipinski definition) is 2. The molecule has 0 aromatic heterocycles. The molecule has 0 unspecified atom stereocenters. The van der Waals surface area contributed by atoms with Crippen LogP contribution in [0.1, 0.15) is 44.3 Å². The number of para-hydroxylation sites is 1. The van der Waals surface area contributed by atoms with Crippen LogP contribution in [0, 0.1) is 0 Å². The van der Waals surface area contributed by atoms with Gasteiger partial charge in [0.05, 0.1) is 23.2 Å². The molecule has 1 aliphatic carbocycles. The summed E-state index contributed by atoms with van der Waals surface area (Å²) in [5.41, 5.74) is 5.63. The second-order valence-electron chi connectivity index (χ2n) is 6.57. The van der Waals surface area contributed by atoms with Crippen LogP contribution in [0.15, 0.2) is 71.8 Å². The van der Waals surface area contributed by atoms with Crippen LogP contribution < -0.4 is 10.7 Å². The second kappa shape index (κ2) is 7.52. The Hall–Kier alpha value is -4.06. The number of nitrogens with zero attached hydrogens (tertiary/aromatic N) is 1. The molecular weight excluding hydrogens is 366 g/mol. The summed E-state index contributed by atoms with van der Waals surface area (Å²) in [5, 5.41) is 6.90. The molecule has 0 saturated carbocycles. The second-order valence-corrected chi connectivity index (χ2v) is 6.57. The molecule has 1 aliphatic rings. The lowest BCUT2D eigenvalue weighted by molar-refractivity contribution is -0.114. The summed E-state index contributed by atoms with van der Waals surface area (Å²) in [7, 11) is 0. The Morgan fingerprint density at radius 2 is 1.48 bits per heavy atom. The van der Waals surface area contributed by atoms with E-state index in [1.165, 1.54) is 13.1 Å². The van der Waals surface area contributed by atoms with Crippen LogP contribution in [0.4, 0.5) is 11.4 Å². The van der Waals surface area contributed by atoms with E-state index in [1.54, 1.807) is 36.4 Å². The van der Waals surface area contributed by atoms with Crippen molar-refractivity contribution in [2.24, 2.45) is 5.10 Å². The fraction of sp³-hybridized carbons (Fsp3) is 0.0435. The van der Waals surface area contributed by atoms with Crippen molar-refractivity contribution in [3.8, 4) is 0 Å². The summed E-state index contributed by atoms with van der Waals surface area (Å²) in [6, 6.07) is 19.3. The van der Waals surface area contributed by atoms with Crippen LogP contribution in [0.2, 0.25) is 0 Å². The van der Waals surface area contributed by atoms with E-state index in [-0.39, 0.29) is 34.3 Å². The van der Waals surface area contributed by atoms with E-state index in [0.717, 1.165) is 5.69 Å². The molecule has 0 fully saturated rings. The van der Waals surface area contributed by atoms with Gasteiger partial charge in [-0.1, -0.05) is 48.5 Å². The van der Waals surface area contributed by atoms with Crippen molar-refractivity contribution < 1.29 is 14.4 Å². The number of fused-ring (bicyclic) bond motifs is 2. The maximum Gasteiger partial charge on any atom is 0.221 e. The Kier molecular flexibility index (Phi) is 4.75. The van der Waals surface area contributed by atoms with Gasteiger partial charge in [0, 0.05) is 29.2 Å². The number of hydrogen-bond acceptors (Lipinski definition) is 5. The molecule has 1 amide bonds. The van der Waals surface area contributed by atoms with E-state index in [4.69, 9.17) is 0 Å². The van der Waals surface area contributed by atoms with Crippen LogP contribution in [0.5, 0.6) is 0 Å². The van der Waals surface area contributed by atoms with Crippen molar-refractivity contribution in [1.82, 2.24) is 0 Å². The van der Waals surface area contributed by atoms with Gasteiger partial charge in [-0.05, 0) is 18.2 Å². The lowest BCUT2D eigenvalue weighted by Gasteiger charge is -2.21. The summed E-state index contributed by atoms with van der Waals surface area (Å²) in [6.07, 6.45) is 1.51. The zero-order valence-corrected chi connectivity index (χ0v) is 15.6. The highest BCUT2D eigenvalue weighted by Crippen LogP contribution is 2.33. The van der Waals surface area contributed by atoms with E-state index in [2.05, 4.69) is 15.8 Å². The fourth-order valence-electron chi connectivity index (χ4n) is 3.31. The molecule has 0 radical (unpaired) electrons. The van der Waals surface area contributed by atoms with Gasteiger partial charge in [-0.15, -0.1) is 0 Å². The first-order chi connectivity index (χ1) is 14.1. The molecule has 3 aromatic carbocycles. The Morgan fingerprint density at radius 1 is 0.828 bits per heavy atom. The third-order valence-corrected chi connectivity index (χ3v) is 4.60. The van der Waals surface area contributed by atoms with Crippen LogP contribution >= 0.6 is 0 Å². The number of nitrogens with one attached hydrogen (secondary N) is 2. The van der Waals surface area contributed by atoms with E-state index < -0.39 is 0 Å². The van der Waals surface area contributed by atoms with Crippen molar-refractivity contribution in [3.63, 3.8) is 0 Å². The standard InChI is InChI=1S/C23H17N3O3/c1-14(27)25-21-15(13-24-26-16-7-3-2-4-8-16)11-12-19-20(21)23(29)18-10-6-5-9-17(18)22(19)28/h2-13,26H,1H3,(H,25,27)/b24-13+. The van der Waals surface area contributed by atoms with Crippen molar-refractivity contribution >= 4 is 35.1 Å². The summed E-state index contributed by atoms with van der Waals surface area (Å²) in [5.74, 6) is -0.888. The Labute approximate surface area is 167 Å². The largest absolute Gasteiger partial charge is 0.325 e. The molecule has 3 aromatic rings. The Morgan fingerprint density at radius 3 is 2.17 bits per heavy atom. The van der Waals surface area contributed by atoms with Crippen LogP contribution in [0.3, 0.4) is 0 Å². The molecule has 2 N–H and O–H groups in total. The summed E-state index contributed by atoms with van der Waals surface area (Å²) < 4.78 is 0. The summed E-state index contributed by atoms with van der Waals surface area (Å²) >= 11 is 0. The predicted octanol–water partition coefficient (Wildman–Crippen LogP) is 3.87. The molecule has 0 saturated heterocycles. The lowest BCUT2D eigenvalue weighted by atomic mass is 9.82. The molecule has 4 rings (SSSR count). The van der Waals surface area contributed by atoms with Crippen LogP contribution in [-0.2, 0) is 4.79 Å². The maximum absolute atomic E-state index is 13.1. The van der Waals surface area contributed by atoms with Gasteiger partial charge in [-0.25, -0.2) is 0 Å². The number of anilines is 2. The molecule has 6 nitrogen and oxygen atoms in total. The monoisotopic (exact) mass is 383 g/mol. The number of benzene rings is 3. The molecule has 0 spiro atoms. The first kappa shape index (κ1) is 18.3. The first-order valence-corrected chi connectivity index (χ1v) is 9.03. The van der Waals surface area contributed by atoms with Crippen molar-refractivity contribution in [2.75, 3.05) is 10.7 Å². The highest BCUT2D eigenvalue weighted by Gasteiger charge is 2.32. The highest BCUT2D eigenvalue weighted by atomic mass is 16.2. The van der Waals surface area contributed by atoms with Gasteiger partial charge in [0.2, 0.25) is 5.91 Å². The Bertz CT molecular complexity index is 1170. The average molecular weight is 383 g/mol. The van der Waals surface area contributed by atoms with Crippen molar-refractivity contribution in [3.05, 3.63) is 94.5 Å². The van der Waals surface area contributed by atoms with E-state index in [0.29, 0.717) is 16.7 Å². The minimum absolute atomic E-state index is 0.188. The summed E-state index contributed by atoms with van der Waals surface area (Å²) in [4.78, 5) is 37.8. The van der Waals surface area contributed by atoms with Crippen molar-refractivity contribution in [2.45, 2.75) is 6.92 Å². The number of rotatable bonds is 4. The minimum atomic E-state index is -0.344. The van der Waals surface area contributed by atoms with Crippen LogP contribution in [-0.4, -0.2) is 23.7 Å². The van der Waals surface area contributed by atoms with Gasteiger partial charge in [-0.3, -0.25) is 19.8 Å². The fourth-order valence-corrected chi connectivity index (χ4v) is 3.31. The smallest absolute Gasteiger partial charge is 0.221 e. The van der Waals surface area contributed by atoms with Gasteiger partial charge >= 0.3 is 0 Å². The average Bonchev–Trinajstić information content (AvgIpc) is 2.73. The zero-order valence-electron chi connectivity index (χ0n) is 15.6. The van der Waals surface area contributed by atoms with Gasteiger partial charge in [0.25, 0.3) is 0 Å². The summed E-state index contributed by atoms with van der Waals surface area (Å²) in [6.45, 7) is 1.35. The molecule has 142 valence electrons. The molecular formula is C23H17N3O3. The SMILES string of the molecule is CC(=O)Nc1c(/C=N/Nc2ccccc2)ccc2c1C(=O)c1ccccc1C2=O. The van der Waals surface area contributed by atoms with Gasteiger partial charge in [-0.2, -0.15) is 5.10 Å². The quantitative estimate of drug-likeness (QED) is 0.414. The third-order valence-electron chi connectivity index (χ3n) is 4.60. The molecule has 0 bridgehead atoms. The number of amides is 1. The predicted molar refractivity (Wildman–Crippen MR) is 112 cm³/mol. The van der Waals surface area contributed by atoms with Gasteiger partial charge in [0.1, 0.15) is 0 Å². The van der Waals surface area contributed by atoms with E-state index in [1.807, 2.05) is 30.3 Å². The van der Waals surface area contributed by atoms with Gasteiger partial charge < -0.3 is 5.32 Å². The molecule has 6 heteroatoms. The molecule has 0 heterocycles. The number of carbonyl (C=O) groups excluding carboxylic acids is 3. The zero-order chi connectivity index (χ0) is 20.4. The lowest BCUT2D eigenvalue weighted by Crippen LogP contribution is -2.24. The normalized spacial score (nSPS) is 12.4. The Balaban J connectivity index is 1.79. The number of carbonyl (C=O) groups is 3. The highest BCUT2D eigenvalue weighted by molar-refractivity contribution is 6.31. The maximum atomic E-state index is 13.1.